The second-order valence-corrected chi connectivity index (χ2v) is 7.90. The molecule has 0 radical (unpaired) electrons. The molecule has 0 aliphatic carbocycles. The van der Waals surface area contributed by atoms with Gasteiger partial charge in [0.25, 0.3) is 10.0 Å². The highest BCUT2D eigenvalue weighted by molar-refractivity contribution is 9.10. The molecule has 1 atom stereocenters. The molecule has 2 aromatic rings. The number of hydrogen-bond donors (Lipinski definition) is 2. The van der Waals surface area contributed by atoms with Gasteiger partial charge in [0.05, 0.1) is 6.04 Å². The highest BCUT2D eigenvalue weighted by atomic mass is 79.9. The molecule has 0 bridgehead atoms. The summed E-state index contributed by atoms with van der Waals surface area (Å²) in [5.41, 5.74) is 0. The minimum atomic E-state index is -3.71. The Morgan fingerprint density at radius 3 is 3.00 bits per heavy atom. The van der Waals surface area contributed by atoms with E-state index in [1.807, 2.05) is 0 Å². The van der Waals surface area contributed by atoms with E-state index in [0.717, 1.165) is 30.7 Å². The van der Waals surface area contributed by atoms with Gasteiger partial charge in [-0.1, -0.05) is 5.10 Å². The minimum absolute atomic E-state index is 0.00854. The van der Waals surface area contributed by atoms with E-state index in [2.05, 4.69) is 36.2 Å². The molecule has 108 valence electrons. The lowest BCUT2D eigenvalue weighted by molar-refractivity contribution is 0.439. The predicted molar refractivity (Wildman–Crippen MR) is 77.1 cm³/mol. The molecule has 3 heterocycles. The van der Waals surface area contributed by atoms with Gasteiger partial charge in [-0.25, -0.2) is 13.1 Å². The molecule has 0 amide bonds. The quantitative estimate of drug-likeness (QED) is 0.845. The lowest BCUT2D eigenvalue weighted by atomic mass is 10.2. The van der Waals surface area contributed by atoms with Crippen LogP contribution in [0.5, 0.6) is 0 Å². The molecule has 2 aromatic heterocycles. The van der Waals surface area contributed by atoms with E-state index in [1.54, 1.807) is 11.4 Å². The first kappa shape index (κ1) is 14.0. The number of halogens is 1. The molecule has 2 N–H and O–H groups in total. The van der Waals surface area contributed by atoms with Crippen LogP contribution < -0.4 is 10.0 Å². The third-order valence-electron chi connectivity index (χ3n) is 2.85. The zero-order valence-electron chi connectivity index (χ0n) is 10.2. The lowest BCUT2D eigenvalue weighted by Crippen LogP contribution is -2.13. The van der Waals surface area contributed by atoms with Crippen molar-refractivity contribution in [3.63, 3.8) is 0 Å². The van der Waals surface area contributed by atoms with E-state index >= 15 is 0 Å². The monoisotopic (exact) mass is 378 g/mol. The Labute approximate surface area is 128 Å². The molecular formula is C10H11BrN4O3S2. The highest BCUT2D eigenvalue weighted by Crippen LogP contribution is 2.29. The second-order valence-electron chi connectivity index (χ2n) is 4.26. The summed E-state index contributed by atoms with van der Waals surface area (Å²) in [6.07, 6.45) is 1.95. The first-order valence-electron chi connectivity index (χ1n) is 5.89. The van der Waals surface area contributed by atoms with Crippen molar-refractivity contribution >= 4 is 43.3 Å². The maximum absolute atomic E-state index is 12.1. The fraction of sp³-hybridized carbons (Fsp3) is 0.400. The molecule has 0 aromatic carbocycles. The molecule has 1 saturated heterocycles. The van der Waals surface area contributed by atoms with Gasteiger partial charge in [0.1, 0.15) is 0 Å². The molecule has 1 aliphatic rings. The van der Waals surface area contributed by atoms with Crippen LogP contribution in [0.25, 0.3) is 0 Å². The van der Waals surface area contributed by atoms with Crippen LogP contribution in [-0.2, 0) is 10.0 Å². The lowest BCUT2D eigenvalue weighted by Gasteiger charge is -2.03. The van der Waals surface area contributed by atoms with Gasteiger partial charge < -0.3 is 9.73 Å². The molecule has 3 rings (SSSR count). The van der Waals surface area contributed by atoms with Gasteiger partial charge >= 0.3 is 6.01 Å². The Morgan fingerprint density at radius 1 is 1.50 bits per heavy atom. The summed E-state index contributed by atoms with van der Waals surface area (Å²) in [4.78, 5) is 0. The Morgan fingerprint density at radius 2 is 2.35 bits per heavy atom. The van der Waals surface area contributed by atoms with Gasteiger partial charge in [-0.05, 0) is 46.8 Å². The maximum Gasteiger partial charge on any atom is 0.329 e. The molecule has 7 nitrogen and oxygen atoms in total. The fourth-order valence-electron chi connectivity index (χ4n) is 1.94. The van der Waals surface area contributed by atoms with Crippen molar-refractivity contribution in [2.45, 2.75) is 23.1 Å². The summed E-state index contributed by atoms with van der Waals surface area (Å²) < 4.78 is 32.6. The second kappa shape index (κ2) is 5.43. The average molecular weight is 379 g/mol. The first-order valence-corrected chi connectivity index (χ1v) is 9.04. The average Bonchev–Trinajstić information content (AvgIpc) is 3.06. The van der Waals surface area contributed by atoms with Crippen molar-refractivity contribution in [2.24, 2.45) is 0 Å². The summed E-state index contributed by atoms with van der Waals surface area (Å²) in [6.45, 7) is 0.899. The molecule has 1 aliphatic heterocycles. The van der Waals surface area contributed by atoms with Crippen LogP contribution in [0, 0.1) is 0 Å². The number of nitrogens with zero attached hydrogens (tertiary/aromatic N) is 2. The zero-order chi connectivity index (χ0) is 14.2. The standard InChI is InChI=1S/C10H11BrN4O3S2/c11-6-3-5-19-9(6)20(16,17)15-10-14-13-8(18-10)7-2-1-4-12-7/h3,5,7,12H,1-2,4H2,(H,14,15). The van der Waals surface area contributed by atoms with Crippen LogP contribution in [0.1, 0.15) is 24.8 Å². The van der Waals surface area contributed by atoms with E-state index < -0.39 is 10.0 Å². The van der Waals surface area contributed by atoms with Crippen molar-refractivity contribution < 1.29 is 12.8 Å². The molecule has 1 unspecified atom stereocenters. The smallest absolute Gasteiger partial charge is 0.329 e. The SMILES string of the molecule is O=S(=O)(Nc1nnc(C2CCCN2)o1)c1sccc1Br. The number of rotatable bonds is 4. The summed E-state index contributed by atoms with van der Waals surface area (Å²) in [6, 6.07) is 1.56. The first-order chi connectivity index (χ1) is 9.56. The summed E-state index contributed by atoms with van der Waals surface area (Å²) in [5.74, 6) is 0.408. The molecule has 10 heteroatoms. The number of sulfonamides is 1. The van der Waals surface area contributed by atoms with Crippen molar-refractivity contribution in [2.75, 3.05) is 11.3 Å². The van der Waals surface area contributed by atoms with Crippen LogP contribution >= 0.6 is 27.3 Å². The van der Waals surface area contributed by atoms with E-state index in [0.29, 0.717) is 10.4 Å². The third kappa shape index (κ3) is 2.73. The van der Waals surface area contributed by atoms with E-state index in [-0.39, 0.29) is 16.3 Å². The van der Waals surface area contributed by atoms with E-state index in [1.165, 1.54) is 0 Å². The van der Waals surface area contributed by atoms with Crippen LogP contribution in [0.4, 0.5) is 6.01 Å². The number of aromatic nitrogens is 2. The van der Waals surface area contributed by atoms with Crippen molar-refractivity contribution in [3.05, 3.63) is 21.8 Å². The normalized spacial score (nSPS) is 19.4. The van der Waals surface area contributed by atoms with Crippen LogP contribution in [-0.4, -0.2) is 25.2 Å². The van der Waals surface area contributed by atoms with Crippen molar-refractivity contribution in [1.29, 1.82) is 0 Å². The van der Waals surface area contributed by atoms with Crippen LogP contribution in [0.2, 0.25) is 0 Å². The summed E-state index contributed by atoms with van der Waals surface area (Å²) >= 11 is 4.30. The van der Waals surface area contributed by atoms with Gasteiger partial charge in [0.15, 0.2) is 4.21 Å². The number of hydrogen-bond acceptors (Lipinski definition) is 7. The van der Waals surface area contributed by atoms with Gasteiger partial charge in [0, 0.05) is 4.47 Å². The van der Waals surface area contributed by atoms with Gasteiger partial charge in [-0.15, -0.1) is 16.4 Å². The number of nitrogens with one attached hydrogen (secondary N) is 2. The fourth-order valence-corrected chi connectivity index (χ4v) is 5.21. The van der Waals surface area contributed by atoms with Crippen molar-refractivity contribution in [1.82, 2.24) is 15.5 Å². The topological polar surface area (TPSA) is 97.1 Å². The molecular weight excluding hydrogens is 368 g/mol. The van der Waals surface area contributed by atoms with Crippen LogP contribution in [0.3, 0.4) is 0 Å². The van der Waals surface area contributed by atoms with Crippen molar-refractivity contribution in [3.8, 4) is 0 Å². The highest BCUT2D eigenvalue weighted by Gasteiger charge is 2.25. The van der Waals surface area contributed by atoms with Gasteiger partial charge in [-0.2, -0.15) is 0 Å². The number of thiophene rings is 1. The van der Waals surface area contributed by atoms with Gasteiger partial charge in [0.2, 0.25) is 5.89 Å². The number of anilines is 1. The van der Waals surface area contributed by atoms with Crippen LogP contribution in [0.15, 0.2) is 24.5 Å². The van der Waals surface area contributed by atoms with E-state index in [4.69, 9.17) is 4.42 Å². The molecule has 20 heavy (non-hydrogen) atoms. The minimum Gasteiger partial charge on any atom is -0.406 e. The largest absolute Gasteiger partial charge is 0.406 e. The Kier molecular flexibility index (Phi) is 3.80. The third-order valence-corrected chi connectivity index (χ3v) is 6.84. The Hall–Kier alpha value is -0.970. The van der Waals surface area contributed by atoms with Gasteiger partial charge in [-0.3, -0.25) is 0 Å². The Bertz CT molecular complexity index is 706. The summed E-state index contributed by atoms with van der Waals surface area (Å²) in [7, 11) is -3.71. The Balaban J connectivity index is 1.79. The predicted octanol–water partition coefficient (Wildman–Crippen LogP) is 2.12. The molecule has 1 fully saturated rings. The summed E-state index contributed by atoms with van der Waals surface area (Å²) in [5, 5.41) is 12.5. The molecule has 0 spiro atoms. The van der Waals surface area contributed by atoms with E-state index in [9.17, 15) is 8.42 Å². The maximum atomic E-state index is 12.1. The zero-order valence-corrected chi connectivity index (χ0v) is 13.4. The molecule has 0 saturated carbocycles.